The average molecular weight is 285 g/mol. The molecule has 0 bridgehead atoms. The first-order valence-electron chi connectivity index (χ1n) is 5.03. The maximum atomic E-state index is 11.0. The second kappa shape index (κ2) is 5.38. The fourth-order valence-electron chi connectivity index (χ4n) is 1.45. The molecule has 0 fully saturated rings. The van der Waals surface area contributed by atoms with Gasteiger partial charge in [-0.1, -0.05) is 29.0 Å². The third kappa shape index (κ3) is 2.47. The molecule has 0 amide bonds. The van der Waals surface area contributed by atoms with Gasteiger partial charge in [0.25, 0.3) is 5.69 Å². The van der Waals surface area contributed by atoms with Crippen molar-refractivity contribution in [3.05, 3.63) is 38.3 Å². The van der Waals surface area contributed by atoms with E-state index in [1.807, 2.05) is 0 Å². The van der Waals surface area contributed by atoms with Crippen LogP contribution in [-0.4, -0.2) is 22.2 Å². The van der Waals surface area contributed by atoms with Crippen LogP contribution in [0, 0.1) is 10.1 Å². The average Bonchev–Trinajstić information content (AvgIpc) is 2.77. The van der Waals surface area contributed by atoms with Crippen LogP contribution in [0.2, 0.25) is 5.02 Å². The molecular weight excluding hydrogens is 276 g/mol. The van der Waals surface area contributed by atoms with E-state index in [0.29, 0.717) is 22.1 Å². The first-order chi connectivity index (χ1) is 8.63. The Morgan fingerprint density at radius 2 is 2.28 bits per heavy atom. The van der Waals surface area contributed by atoms with Crippen LogP contribution in [0.4, 0.5) is 5.69 Å². The normalized spacial score (nSPS) is 10.6. The highest BCUT2D eigenvalue weighted by Gasteiger charge is 2.21. The Balaban J connectivity index is 2.51. The number of nitro groups is 1. The van der Waals surface area contributed by atoms with E-state index in [2.05, 4.69) is 15.5 Å². The lowest BCUT2D eigenvalue weighted by Crippen LogP contribution is -2.04. The van der Waals surface area contributed by atoms with Crippen LogP contribution < -0.4 is 5.32 Å². The lowest BCUT2D eigenvalue weighted by Gasteiger charge is -2.00. The highest BCUT2D eigenvalue weighted by atomic mass is 35.5. The molecule has 0 aliphatic rings. The van der Waals surface area contributed by atoms with E-state index in [-0.39, 0.29) is 5.69 Å². The summed E-state index contributed by atoms with van der Waals surface area (Å²) >= 11 is 7.30. The van der Waals surface area contributed by atoms with Crippen LogP contribution in [0.25, 0.3) is 10.6 Å². The number of hydrogen-bond donors (Lipinski definition) is 1. The minimum Gasteiger partial charge on any atom is -0.313 e. The molecule has 0 aliphatic heterocycles. The topological polar surface area (TPSA) is 81.0 Å². The van der Waals surface area contributed by atoms with Gasteiger partial charge in [0, 0.05) is 12.6 Å². The number of nitro benzene ring substituents is 1. The SMILES string of the molecule is CNCc1nnc(-c2c(Cl)cccc2[N+](=O)[O-])s1. The number of aromatic nitrogens is 2. The molecule has 0 atom stereocenters. The number of hydrogen-bond acceptors (Lipinski definition) is 6. The van der Waals surface area contributed by atoms with Gasteiger partial charge in [-0.3, -0.25) is 10.1 Å². The lowest BCUT2D eigenvalue weighted by atomic mass is 10.2. The molecule has 0 spiro atoms. The quantitative estimate of drug-likeness (QED) is 0.689. The zero-order valence-electron chi connectivity index (χ0n) is 9.38. The van der Waals surface area contributed by atoms with E-state index in [1.165, 1.54) is 17.4 Å². The van der Waals surface area contributed by atoms with Crippen LogP contribution in [0.15, 0.2) is 18.2 Å². The molecule has 0 radical (unpaired) electrons. The Bertz CT molecular complexity index is 587. The van der Waals surface area contributed by atoms with Crippen molar-refractivity contribution < 1.29 is 4.92 Å². The monoisotopic (exact) mass is 284 g/mol. The molecule has 0 saturated heterocycles. The van der Waals surface area contributed by atoms with E-state index in [1.54, 1.807) is 19.2 Å². The Labute approximate surface area is 112 Å². The van der Waals surface area contributed by atoms with Gasteiger partial charge in [-0.2, -0.15) is 0 Å². The maximum absolute atomic E-state index is 11.0. The van der Waals surface area contributed by atoms with Crippen molar-refractivity contribution >= 4 is 28.6 Å². The van der Waals surface area contributed by atoms with Crippen molar-refractivity contribution in [1.82, 2.24) is 15.5 Å². The van der Waals surface area contributed by atoms with Crippen molar-refractivity contribution in [1.29, 1.82) is 0 Å². The summed E-state index contributed by atoms with van der Waals surface area (Å²) in [4.78, 5) is 10.5. The summed E-state index contributed by atoms with van der Waals surface area (Å²) in [7, 11) is 1.79. The van der Waals surface area contributed by atoms with E-state index < -0.39 is 4.92 Å². The highest BCUT2D eigenvalue weighted by Crippen LogP contribution is 2.37. The predicted molar refractivity (Wildman–Crippen MR) is 69.8 cm³/mol. The van der Waals surface area contributed by atoms with Crippen molar-refractivity contribution in [3.8, 4) is 10.6 Å². The first-order valence-corrected chi connectivity index (χ1v) is 6.23. The second-order valence-corrected chi connectivity index (χ2v) is 4.89. The van der Waals surface area contributed by atoms with Gasteiger partial charge in [0.05, 0.1) is 9.95 Å². The number of nitrogens with zero attached hydrogens (tertiary/aromatic N) is 3. The largest absolute Gasteiger partial charge is 0.313 e. The molecule has 1 N–H and O–H groups in total. The molecule has 1 aromatic carbocycles. The molecule has 0 aliphatic carbocycles. The third-order valence-electron chi connectivity index (χ3n) is 2.20. The smallest absolute Gasteiger partial charge is 0.281 e. The van der Waals surface area contributed by atoms with E-state index in [4.69, 9.17) is 11.6 Å². The zero-order valence-corrected chi connectivity index (χ0v) is 11.0. The Kier molecular flexibility index (Phi) is 3.85. The molecule has 94 valence electrons. The summed E-state index contributed by atoms with van der Waals surface area (Å²) in [5.74, 6) is 0. The summed E-state index contributed by atoms with van der Waals surface area (Å²) in [5, 5.41) is 23.3. The molecule has 2 rings (SSSR count). The Morgan fingerprint density at radius 1 is 1.50 bits per heavy atom. The molecule has 8 heteroatoms. The molecule has 0 saturated carbocycles. The fraction of sp³-hybridized carbons (Fsp3) is 0.200. The maximum Gasteiger partial charge on any atom is 0.281 e. The van der Waals surface area contributed by atoms with Gasteiger partial charge >= 0.3 is 0 Å². The number of rotatable bonds is 4. The van der Waals surface area contributed by atoms with Crippen molar-refractivity contribution in [2.24, 2.45) is 0 Å². The second-order valence-electron chi connectivity index (χ2n) is 3.42. The van der Waals surface area contributed by atoms with Gasteiger partial charge in [0.2, 0.25) is 0 Å². The Hall–Kier alpha value is -1.57. The number of nitrogens with one attached hydrogen (secondary N) is 1. The summed E-state index contributed by atoms with van der Waals surface area (Å²) in [6, 6.07) is 4.54. The summed E-state index contributed by atoms with van der Waals surface area (Å²) < 4.78 is 0. The molecular formula is C10H9ClN4O2S. The number of benzene rings is 1. The van der Waals surface area contributed by atoms with Gasteiger partial charge in [0.15, 0.2) is 5.01 Å². The first kappa shape index (κ1) is 12.9. The van der Waals surface area contributed by atoms with Gasteiger partial charge in [-0.25, -0.2) is 0 Å². The third-order valence-corrected chi connectivity index (χ3v) is 3.45. The lowest BCUT2D eigenvalue weighted by molar-refractivity contribution is -0.384. The van der Waals surface area contributed by atoms with Gasteiger partial charge in [-0.15, -0.1) is 10.2 Å². The van der Waals surface area contributed by atoms with Crippen LogP contribution in [0.5, 0.6) is 0 Å². The van der Waals surface area contributed by atoms with Crippen LogP contribution >= 0.6 is 22.9 Å². The fourth-order valence-corrected chi connectivity index (χ4v) is 2.69. The molecule has 6 nitrogen and oxygen atoms in total. The number of halogens is 1. The minimum absolute atomic E-state index is 0.0605. The summed E-state index contributed by atoms with van der Waals surface area (Å²) in [6.45, 7) is 0.565. The summed E-state index contributed by atoms with van der Waals surface area (Å²) in [5.41, 5.74) is 0.263. The van der Waals surface area contributed by atoms with Crippen LogP contribution in [0.1, 0.15) is 5.01 Å². The molecule has 0 unspecified atom stereocenters. The molecule has 18 heavy (non-hydrogen) atoms. The predicted octanol–water partition coefficient (Wildman–Crippen LogP) is 2.49. The van der Waals surface area contributed by atoms with Crippen LogP contribution in [-0.2, 0) is 6.54 Å². The van der Waals surface area contributed by atoms with Crippen molar-refractivity contribution in [3.63, 3.8) is 0 Å². The van der Waals surface area contributed by atoms with E-state index in [9.17, 15) is 10.1 Å². The van der Waals surface area contributed by atoms with Gasteiger partial charge < -0.3 is 5.32 Å². The molecule has 2 aromatic rings. The van der Waals surface area contributed by atoms with Gasteiger partial charge in [-0.05, 0) is 13.1 Å². The summed E-state index contributed by atoms with van der Waals surface area (Å²) in [6.07, 6.45) is 0. The van der Waals surface area contributed by atoms with Crippen molar-refractivity contribution in [2.75, 3.05) is 7.05 Å². The van der Waals surface area contributed by atoms with E-state index in [0.717, 1.165) is 5.01 Å². The van der Waals surface area contributed by atoms with Crippen LogP contribution in [0.3, 0.4) is 0 Å². The van der Waals surface area contributed by atoms with Gasteiger partial charge in [0.1, 0.15) is 10.6 Å². The Morgan fingerprint density at radius 3 is 2.94 bits per heavy atom. The standard InChI is InChI=1S/C10H9ClN4O2S/c1-12-5-8-13-14-10(18-8)9-6(11)3-2-4-7(9)15(16)17/h2-4,12H,5H2,1H3. The minimum atomic E-state index is -0.472. The molecule has 1 aromatic heterocycles. The van der Waals surface area contributed by atoms with Crippen molar-refractivity contribution in [2.45, 2.75) is 6.54 Å². The highest BCUT2D eigenvalue weighted by molar-refractivity contribution is 7.14. The zero-order chi connectivity index (χ0) is 13.1. The molecule has 1 heterocycles. The van der Waals surface area contributed by atoms with E-state index >= 15 is 0 Å².